The molecule has 0 unspecified atom stereocenters. The van der Waals surface area contributed by atoms with Crippen LogP contribution in [0.15, 0.2) is 54.6 Å². The van der Waals surface area contributed by atoms with Crippen LogP contribution in [0.4, 0.5) is 24.8 Å². The molecule has 40 heavy (non-hydrogen) atoms. The molecule has 3 heterocycles. The van der Waals surface area contributed by atoms with Gasteiger partial charge in [-0.3, -0.25) is 0 Å². The van der Waals surface area contributed by atoms with Gasteiger partial charge in [-0.05, 0) is 73.5 Å². The minimum atomic E-state index is -4.50. The fourth-order valence-corrected chi connectivity index (χ4v) is 5.50. The van der Waals surface area contributed by atoms with Gasteiger partial charge in [-0.25, -0.2) is 17.7 Å². The van der Waals surface area contributed by atoms with Gasteiger partial charge < -0.3 is 15.0 Å². The van der Waals surface area contributed by atoms with Gasteiger partial charge in [0.15, 0.2) is 5.65 Å². The van der Waals surface area contributed by atoms with E-state index in [2.05, 4.69) is 25.0 Å². The van der Waals surface area contributed by atoms with Gasteiger partial charge in [0.25, 0.3) is 0 Å². The molecule has 0 bridgehead atoms. The first-order valence-corrected chi connectivity index (χ1v) is 14.4. The number of aromatic nitrogens is 3. The van der Waals surface area contributed by atoms with Gasteiger partial charge in [-0.1, -0.05) is 12.1 Å². The predicted octanol–water partition coefficient (Wildman–Crippen LogP) is 4.12. The van der Waals surface area contributed by atoms with E-state index in [1.54, 1.807) is 18.2 Å². The van der Waals surface area contributed by atoms with Crippen LogP contribution in [0.3, 0.4) is 0 Å². The Kier molecular flexibility index (Phi) is 7.71. The molecule has 0 saturated heterocycles. The highest BCUT2D eigenvalue weighted by Crippen LogP contribution is 2.37. The average Bonchev–Trinajstić information content (AvgIpc) is 3.23. The summed E-state index contributed by atoms with van der Waals surface area (Å²) in [7, 11) is -0.434. The number of rotatable bonds is 8. The standard InChI is InChI=1S/C27H29F3N6O3S/c1-31-40(37,38)15-14-35-12-10-18-6-8-21(16-19(18)11-13-35)32-26-33-25-5-3-4-23(36(25)34-26)22-17-20(27(28,29)30)7-9-24(22)39-2/h3-9,16-17,31H,10-15H2,1-2H3,(H,32,34). The summed E-state index contributed by atoms with van der Waals surface area (Å²) in [6.45, 7) is 1.98. The van der Waals surface area contributed by atoms with Crippen LogP contribution in [-0.2, 0) is 29.0 Å². The fraction of sp³-hybridized carbons (Fsp3) is 0.333. The SMILES string of the molecule is CNS(=O)(=O)CCN1CCc2ccc(Nc3nc4cccc(-c5cc(C(F)(F)F)ccc5OC)n4n3)cc2CC1. The van der Waals surface area contributed by atoms with E-state index in [9.17, 15) is 21.6 Å². The first-order valence-electron chi connectivity index (χ1n) is 12.7. The quantitative estimate of drug-likeness (QED) is 0.327. The van der Waals surface area contributed by atoms with Gasteiger partial charge in [0.2, 0.25) is 16.0 Å². The molecule has 4 aromatic rings. The lowest BCUT2D eigenvalue weighted by Crippen LogP contribution is -2.34. The van der Waals surface area contributed by atoms with Crippen LogP contribution >= 0.6 is 0 Å². The van der Waals surface area contributed by atoms with E-state index < -0.39 is 21.8 Å². The Balaban J connectivity index is 1.38. The van der Waals surface area contributed by atoms with E-state index in [-0.39, 0.29) is 17.1 Å². The molecule has 0 saturated carbocycles. The summed E-state index contributed by atoms with van der Waals surface area (Å²) in [5.74, 6) is 0.639. The second-order valence-electron chi connectivity index (χ2n) is 9.50. The topological polar surface area (TPSA) is 101 Å². The highest BCUT2D eigenvalue weighted by atomic mass is 32.2. The number of hydrogen-bond acceptors (Lipinski definition) is 7. The second kappa shape index (κ2) is 11.1. The number of nitrogens with one attached hydrogen (secondary N) is 2. The van der Waals surface area contributed by atoms with Gasteiger partial charge in [0.1, 0.15) is 5.75 Å². The number of benzene rings is 2. The number of ether oxygens (including phenoxy) is 1. The van der Waals surface area contributed by atoms with Crippen molar-refractivity contribution in [2.75, 3.05) is 44.9 Å². The lowest BCUT2D eigenvalue weighted by Gasteiger charge is -2.19. The normalized spacial score (nSPS) is 14.6. The summed E-state index contributed by atoms with van der Waals surface area (Å²) in [6, 6.07) is 14.4. The third kappa shape index (κ3) is 6.06. The molecule has 0 spiro atoms. The van der Waals surface area contributed by atoms with Gasteiger partial charge in [0, 0.05) is 30.9 Å². The minimum absolute atomic E-state index is 0.0561. The van der Waals surface area contributed by atoms with Crippen molar-refractivity contribution < 1.29 is 26.3 Å². The van der Waals surface area contributed by atoms with Crippen molar-refractivity contribution in [1.82, 2.24) is 24.2 Å². The highest BCUT2D eigenvalue weighted by molar-refractivity contribution is 7.89. The number of fused-ring (bicyclic) bond motifs is 2. The maximum absolute atomic E-state index is 13.4. The lowest BCUT2D eigenvalue weighted by atomic mass is 10.0. The molecule has 0 amide bonds. The molecule has 212 valence electrons. The van der Waals surface area contributed by atoms with E-state index in [0.29, 0.717) is 23.8 Å². The zero-order valence-electron chi connectivity index (χ0n) is 22.0. The molecule has 0 atom stereocenters. The molecule has 0 aliphatic carbocycles. The number of alkyl halides is 3. The number of hydrogen-bond donors (Lipinski definition) is 2. The van der Waals surface area contributed by atoms with Crippen molar-refractivity contribution in [2.24, 2.45) is 0 Å². The van der Waals surface area contributed by atoms with E-state index in [4.69, 9.17) is 4.74 Å². The largest absolute Gasteiger partial charge is 0.496 e. The zero-order chi connectivity index (χ0) is 28.5. The molecule has 2 aromatic carbocycles. The van der Waals surface area contributed by atoms with Crippen molar-refractivity contribution in [3.63, 3.8) is 0 Å². The van der Waals surface area contributed by atoms with Crippen LogP contribution in [0.1, 0.15) is 16.7 Å². The highest BCUT2D eigenvalue weighted by Gasteiger charge is 2.31. The Morgan fingerprint density at radius 1 is 1.02 bits per heavy atom. The Morgan fingerprint density at radius 2 is 1.80 bits per heavy atom. The Morgan fingerprint density at radius 3 is 2.52 bits per heavy atom. The molecule has 2 N–H and O–H groups in total. The predicted molar refractivity (Wildman–Crippen MR) is 146 cm³/mol. The summed E-state index contributed by atoms with van der Waals surface area (Å²) < 4.78 is 73.1. The fourth-order valence-electron chi connectivity index (χ4n) is 4.80. The smallest absolute Gasteiger partial charge is 0.416 e. The number of halogens is 3. The van der Waals surface area contributed by atoms with Crippen LogP contribution in [-0.4, -0.2) is 67.5 Å². The van der Waals surface area contributed by atoms with Crippen molar-refractivity contribution in [1.29, 1.82) is 0 Å². The molecule has 1 aliphatic heterocycles. The Labute approximate surface area is 230 Å². The molecular weight excluding hydrogens is 545 g/mol. The van der Waals surface area contributed by atoms with Crippen molar-refractivity contribution in [3.05, 3.63) is 71.3 Å². The molecule has 13 heteroatoms. The lowest BCUT2D eigenvalue weighted by molar-refractivity contribution is -0.137. The van der Waals surface area contributed by atoms with E-state index in [1.807, 2.05) is 18.2 Å². The second-order valence-corrected chi connectivity index (χ2v) is 11.5. The third-order valence-electron chi connectivity index (χ3n) is 7.01. The van der Waals surface area contributed by atoms with Crippen LogP contribution in [0.25, 0.3) is 16.9 Å². The summed E-state index contributed by atoms with van der Waals surface area (Å²) in [6.07, 6.45) is -2.93. The average molecular weight is 575 g/mol. The minimum Gasteiger partial charge on any atom is -0.496 e. The van der Waals surface area contributed by atoms with E-state index in [0.717, 1.165) is 49.3 Å². The molecular formula is C27H29F3N6O3S. The van der Waals surface area contributed by atoms with Gasteiger partial charge in [0.05, 0.1) is 24.1 Å². The maximum atomic E-state index is 13.4. The monoisotopic (exact) mass is 574 g/mol. The molecule has 0 fully saturated rings. The number of methoxy groups -OCH3 is 1. The molecule has 0 radical (unpaired) electrons. The van der Waals surface area contributed by atoms with Crippen molar-refractivity contribution >= 4 is 27.3 Å². The third-order valence-corrected chi connectivity index (χ3v) is 8.35. The number of pyridine rings is 1. The van der Waals surface area contributed by atoms with Crippen molar-refractivity contribution in [2.45, 2.75) is 19.0 Å². The van der Waals surface area contributed by atoms with Gasteiger partial charge in [-0.15, -0.1) is 5.10 Å². The van der Waals surface area contributed by atoms with Crippen LogP contribution in [0.5, 0.6) is 5.75 Å². The number of nitrogens with zero attached hydrogens (tertiary/aromatic N) is 4. The molecule has 1 aliphatic rings. The summed E-state index contributed by atoms with van der Waals surface area (Å²) in [4.78, 5) is 6.67. The van der Waals surface area contributed by atoms with Crippen LogP contribution < -0.4 is 14.8 Å². The number of sulfonamides is 1. The first-order chi connectivity index (χ1) is 19.1. The van der Waals surface area contributed by atoms with E-state index in [1.165, 1.54) is 30.3 Å². The number of anilines is 2. The van der Waals surface area contributed by atoms with Gasteiger partial charge >= 0.3 is 6.18 Å². The van der Waals surface area contributed by atoms with Crippen LogP contribution in [0, 0.1) is 0 Å². The zero-order valence-corrected chi connectivity index (χ0v) is 22.8. The Hall–Kier alpha value is -3.68. The summed E-state index contributed by atoms with van der Waals surface area (Å²) in [5, 5.41) is 7.75. The maximum Gasteiger partial charge on any atom is 0.416 e. The van der Waals surface area contributed by atoms with E-state index >= 15 is 0 Å². The van der Waals surface area contributed by atoms with Crippen LogP contribution in [0.2, 0.25) is 0 Å². The summed E-state index contributed by atoms with van der Waals surface area (Å²) >= 11 is 0. The molecule has 9 nitrogen and oxygen atoms in total. The van der Waals surface area contributed by atoms with Crippen molar-refractivity contribution in [3.8, 4) is 17.0 Å². The summed E-state index contributed by atoms with van der Waals surface area (Å²) in [5.41, 5.74) is 3.46. The van der Waals surface area contributed by atoms with Gasteiger partial charge in [-0.2, -0.15) is 18.2 Å². The first kappa shape index (κ1) is 27.9. The molecule has 5 rings (SSSR count). The molecule has 2 aromatic heterocycles. The Bertz CT molecular complexity index is 1640.